The number of aliphatic hydroxyl groups is 2. The maximum absolute atomic E-state index is 11.5. The van der Waals surface area contributed by atoms with E-state index in [0.717, 1.165) is 6.07 Å². The topological polar surface area (TPSA) is 158 Å². The first-order chi connectivity index (χ1) is 9.11. The van der Waals surface area contributed by atoms with Crippen LogP contribution in [0.4, 0.5) is 0 Å². The Morgan fingerprint density at radius 2 is 1.70 bits per heavy atom. The van der Waals surface area contributed by atoms with E-state index in [1.54, 1.807) is 0 Å². The quantitative estimate of drug-likeness (QED) is 0.307. The molecule has 0 atom stereocenters. The first-order valence-corrected chi connectivity index (χ1v) is 6.44. The fourth-order valence-corrected chi connectivity index (χ4v) is 1.77. The van der Waals surface area contributed by atoms with Gasteiger partial charge in [-0.3, -0.25) is 4.55 Å². The molecule has 9 nitrogen and oxygen atoms in total. The van der Waals surface area contributed by atoms with E-state index in [2.05, 4.69) is 4.74 Å². The molecular formula is C10H10O9S. The lowest BCUT2D eigenvalue weighted by atomic mass is 10.1. The molecule has 0 radical (unpaired) electrons. The first-order valence-electron chi connectivity index (χ1n) is 5.00. The molecular weight excluding hydrogens is 296 g/mol. The predicted molar refractivity (Wildman–Crippen MR) is 61.7 cm³/mol. The molecule has 1 aromatic carbocycles. The van der Waals surface area contributed by atoms with E-state index < -0.39 is 51.0 Å². The molecule has 0 aliphatic carbocycles. The molecule has 1 rings (SSSR count). The van der Waals surface area contributed by atoms with E-state index in [9.17, 15) is 18.0 Å². The lowest BCUT2D eigenvalue weighted by Gasteiger charge is -2.08. The third-order valence-electron chi connectivity index (χ3n) is 2.05. The van der Waals surface area contributed by atoms with Gasteiger partial charge in [0.15, 0.2) is 6.29 Å². The van der Waals surface area contributed by atoms with Crippen LogP contribution in [-0.2, 0) is 14.9 Å². The van der Waals surface area contributed by atoms with Crippen molar-refractivity contribution < 1.29 is 42.6 Å². The van der Waals surface area contributed by atoms with Crippen LogP contribution in [0.15, 0.2) is 23.1 Å². The molecule has 0 unspecified atom stereocenters. The van der Waals surface area contributed by atoms with Gasteiger partial charge in [-0.05, 0) is 18.2 Å². The SMILES string of the molecule is O=C(O)c1cc(C(=O)OCC(O)O)cc(S(=O)(=O)O)c1. The summed E-state index contributed by atoms with van der Waals surface area (Å²) >= 11 is 0. The normalized spacial score (nSPS) is 11.4. The van der Waals surface area contributed by atoms with Crippen LogP contribution in [0, 0.1) is 0 Å². The van der Waals surface area contributed by atoms with Gasteiger partial charge in [0.1, 0.15) is 6.61 Å². The van der Waals surface area contributed by atoms with Crippen molar-refractivity contribution in [3.05, 3.63) is 29.3 Å². The largest absolute Gasteiger partial charge is 0.478 e. The summed E-state index contributed by atoms with van der Waals surface area (Å²) in [6.45, 7) is -0.780. The van der Waals surface area contributed by atoms with Gasteiger partial charge < -0.3 is 20.1 Å². The van der Waals surface area contributed by atoms with Gasteiger partial charge in [-0.15, -0.1) is 0 Å². The van der Waals surface area contributed by atoms with Crippen LogP contribution in [-0.4, -0.2) is 53.1 Å². The minimum atomic E-state index is -4.72. The van der Waals surface area contributed by atoms with Crippen LogP contribution in [0.1, 0.15) is 20.7 Å². The highest BCUT2D eigenvalue weighted by Crippen LogP contribution is 2.16. The summed E-state index contributed by atoms with van der Waals surface area (Å²) < 4.78 is 35.2. The summed E-state index contributed by atoms with van der Waals surface area (Å²) in [5.41, 5.74) is -1.03. The summed E-state index contributed by atoms with van der Waals surface area (Å²) in [5, 5.41) is 25.8. The summed E-state index contributed by atoms with van der Waals surface area (Å²) in [6.07, 6.45) is -1.93. The van der Waals surface area contributed by atoms with E-state index in [0.29, 0.717) is 12.1 Å². The number of hydrogen-bond acceptors (Lipinski definition) is 7. The van der Waals surface area contributed by atoms with Crippen LogP contribution in [0.25, 0.3) is 0 Å². The number of ether oxygens (including phenoxy) is 1. The van der Waals surface area contributed by atoms with E-state index in [1.165, 1.54) is 0 Å². The number of rotatable bonds is 5. The summed E-state index contributed by atoms with van der Waals surface area (Å²) in [7, 11) is -4.72. The molecule has 0 bridgehead atoms. The molecule has 0 aromatic heterocycles. The van der Waals surface area contributed by atoms with E-state index in [4.69, 9.17) is 19.9 Å². The van der Waals surface area contributed by atoms with Gasteiger partial charge in [0.05, 0.1) is 16.0 Å². The Bertz CT molecular complexity index is 632. The number of carbonyl (C=O) groups is 2. The summed E-state index contributed by atoms with van der Waals surface area (Å²) in [4.78, 5) is 21.5. The van der Waals surface area contributed by atoms with Crippen LogP contribution < -0.4 is 0 Å². The molecule has 0 aliphatic rings. The maximum Gasteiger partial charge on any atom is 0.338 e. The highest BCUT2D eigenvalue weighted by molar-refractivity contribution is 7.85. The molecule has 1 aromatic rings. The Morgan fingerprint density at radius 3 is 2.15 bits per heavy atom. The summed E-state index contributed by atoms with van der Waals surface area (Å²) in [5.74, 6) is -2.70. The molecule has 0 spiro atoms. The van der Waals surface area contributed by atoms with Crippen molar-refractivity contribution in [2.45, 2.75) is 11.2 Å². The Balaban J connectivity index is 3.22. The molecule has 0 amide bonds. The van der Waals surface area contributed by atoms with Gasteiger partial charge in [-0.2, -0.15) is 8.42 Å². The monoisotopic (exact) mass is 306 g/mol. The first kappa shape index (κ1) is 16.0. The zero-order valence-corrected chi connectivity index (χ0v) is 10.6. The molecule has 0 saturated carbocycles. The molecule has 0 aliphatic heterocycles. The number of aromatic carboxylic acids is 1. The van der Waals surface area contributed by atoms with Crippen LogP contribution in [0.3, 0.4) is 0 Å². The second kappa shape index (κ2) is 5.96. The summed E-state index contributed by atoms with van der Waals surface area (Å²) in [6, 6.07) is 2.19. The number of carboxylic acid groups (broad SMARTS) is 1. The highest BCUT2D eigenvalue weighted by Gasteiger charge is 2.19. The highest BCUT2D eigenvalue weighted by atomic mass is 32.2. The number of hydrogen-bond donors (Lipinski definition) is 4. The fourth-order valence-electron chi connectivity index (χ4n) is 1.22. The Labute approximate surface area is 112 Å². The number of aliphatic hydroxyl groups excluding tert-OH is 1. The second-order valence-electron chi connectivity index (χ2n) is 3.61. The van der Waals surface area contributed by atoms with Crippen LogP contribution in [0.2, 0.25) is 0 Å². The molecule has 10 heteroatoms. The van der Waals surface area contributed by atoms with Crippen molar-refractivity contribution in [3.63, 3.8) is 0 Å². The van der Waals surface area contributed by atoms with Gasteiger partial charge in [0.2, 0.25) is 0 Å². The maximum atomic E-state index is 11.5. The minimum Gasteiger partial charge on any atom is -0.478 e. The molecule has 0 heterocycles. The third kappa shape index (κ3) is 4.28. The zero-order chi connectivity index (χ0) is 15.5. The number of esters is 1. The van der Waals surface area contributed by atoms with Crippen LogP contribution in [0.5, 0.6) is 0 Å². The predicted octanol–water partition coefficient (Wildman–Crippen LogP) is -0.901. The van der Waals surface area contributed by atoms with Gasteiger partial charge in [0.25, 0.3) is 10.1 Å². The van der Waals surface area contributed by atoms with E-state index >= 15 is 0 Å². The average molecular weight is 306 g/mol. The van der Waals surface area contributed by atoms with Crippen LogP contribution >= 0.6 is 0 Å². The van der Waals surface area contributed by atoms with Crippen molar-refractivity contribution in [1.29, 1.82) is 0 Å². The molecule has 4 N–H and O–H groups in total. The number of carbonyl (C=O) groups excluding carboxylic acids is 1. The van der Waals surface area contributed by atoms with Gasteiger partial charge in [0, 0.05) is 0 Å². The van der Waals surface area contributed by atoms with Crippen molar-refractivity contribution in [1.82, 2.24) is 0 Å². The fraction of sp³-hybridized carbons (Fsp3) is 0.200. The molecule has 0 fully saturated rings. The number of carboxylic acids is 1. The zero-order valence-electron chi connectivity index (χ0n) is 9.75. The Hall–Kier alpha value is -2.01. The second-order valence-corrected chi connectivity index (χ2v) is 5.03. The van der Waals surface area contributed by atoms with Gasteiger partial charge in [-0.25, -0.2) is 9.59 Å². The van der Waals surface area contributed by atoms with Crippen molar-refractivity contribution in [3.8, 4) is 0 Å². The van der Waals surface area contributed by atoms with Gasteiger partial charge >= 0.3 is 11.9 Å². The molecule has 20 heavy (non-hydrogen) atoms. The van der Waals surface area contributed by atoms with Crippen molar-refractivity contribution in [2.75, 3.05) is 6.61 Å². The molecule has 110 valence electrons. The lowest BCUT2D eigenvalue weighted by Crippen LogP contribution is -2.18. The van der Waals surface area contributed by atoms with E-state index in [1.807, 2.05) is 0 Å². The molecule has 0 saturated heterocycles. The Morgan fingerprint density at radius 1 is 1.15 bits per heavy atom. The van der Waals surface area contributed by atoms with Crippen molar-refractivity contribution >= 4 is 22.1 Å². The Kier molecular flexibility index (Phi) is 4.78. The minimum absolute atomic E-state index is 0.474. The number of benzene rings is 1. The third-order valence-corrected chi connectivity index (χ3v) is 2.88. The van der Waals surface area contributed by atoms with Crippen molar-refractivity contribution in [2.24, 2.45) is 0 Å². The standard InChI is InChI=1S/C10H10O9S/c11-8(12)4-19-10(15)6-1-5(9(13)14)2-7(3-6)20(16,17)18/h1-3,8,11-12H,4H2,(H,13,14)(H,16,17,18). The van der Waals surface area contributed by atoms with E-state index in [-0.39, 0.29) is 0 Å². The average Bonchev–Trinajstić information content (AvgIpc) is 2.34. The smallest absolute Gasteiger partial charge is 0.338 e. The lowest BCUT2D eigenvalue weighted by molar-refractivity contribution is -0.0812. The van der Waals surface area contributed by atoms with Gasteiger partial charge in [-0.1, -0.05) is 0 Å².